The summed E-state index contributed by atoms with van der Waals surface area (Å²) >= 11 is 1.27. The van der Waals surface area contributed by atoms with E-state index in [0.29, 0.717) is 4.88 Å². The van der Waals surface area contributed by atoms with Gasteiger partial charge in [-0.05, 0) is 39.1 Å². The molecule has 0 aromatic carbocycles. The Bertz CT molecular complexity index is 435. The lowest BCUT2D eigenvalue weighted by Gasteiger charge is -2.27. The second-order valence-corrected chi connectivity index (χ2v) is 5.98. The van der Waals surface area contributed by atoms with Crippen molar-refractivity contribution in [3.05, 3.63) is 22.4 Å². The quantitative estimate of drug-likeness (QED) is 0.886. The molecule has 5 nitrogen and oxygen atoms in total. The zero-order valence-corrected chi connectivity index (χ0v) is 11.6. The van der Waals surface area contributed by atoms with Crippen molar-refractivity contribution in [1.29, 1.82) is 0 Å². The third kappa shape index (κ3) is 3.46. The fraction of sp³-hybridized carbons (Fsp3) is 0.500. The molecule has 0 aliphatic carbocycles. The zero-order chi connectivity index (χ0) is 14.0. The van der Waals surface area contributed by atoms with E-state index in [1.807, 2.05) is 0 Å². The van der Waals surface area contributed by atoms with Crippen LogP contribution in [0.1, 0.15) is 32.6 Å². The van der Waals surface area contributed by atoms with Gasteiger partial charge in [0.2, 0.25) is 0 Å². The molecule has 1 amide bonds. The van der Waals surface area contributed by atoms with Crippen LogP contribution in [0, 0.1) is 0 Å². The molecule has 0 saturated carbocycles. The highest BCUT2D eigenvalue weighted by molar-refractivity contribution is 7.10. The lowest BCUT2D eigenvalue weighted by molar-refractivity contribution is -0.144. The summed E-state index contributed by atoms with van der Waals surface area (Å²) in [5.74, 6) is -1.13. The minimum Gasteiger partial charge on any atom is -0.479 e. The predicted octanol–water partition coefficient (Wildman–Crippen LogP) is 2.57. The number of amides is 1. The van der Waals surface area contributed by atoms with Gasteiger partial charge in [-0.1, -0.05) is 6.07 Å². The molecule has 0 bridgehead atoms. The minimum atomic E-state index is -1.48. The fourth-order valence-electron chi connectivity index (χ4n) is 1.29. The van der Waals surface area contributed by atoms with Gasteiger partial charge in [0.25, 0.3) is 0 Å². The van der Waals surface area contributed by atoms with E-state index >= 15 is 0 Å². The molecule has 0 fully saturated rings. The molecule has 1 heterocycles. The van der Waals surface area contributed by atoms with Gasteiger partial charge < -0.3 is 15.2 Å². The van der Waals surface area contributed by atoms with E-state index in [9.17, 15) is 14.7 Å². The number of carbonyl (C=O) groups is 2. The molecular formula is C12H17NO4S. The van der Waals surface area contributed by atoms with Crippen LogP contribution in [0.2, 0.25) is 0 Å². The lowest BCUT2D eigenvalue weighted by atomic mass is 10.0. The Morgan fingerprint density at radius 3 is 2.33 bits per heavy atom. The van der Waals surface area contributed by atoms with Crippen molar-refractivity contribution >= 4 is 23.4 Å². The zero-order valence-electron chi connectivity index (χ0n) is 10.8. The molecule has 1 aromatic heterocycles. The summed E-state index contributed by atoms with van der Waals surface area (Å²) in [4.78, 5) is 23.6. The molecule has 0 spiro atoms. The Morgan fingerprint density at radius 1 is 1.33 bits per heavy atom. The van der Waals surface area contributed by atoms with Crippen LogP contribution < -0.4 is 5.32 Å². The monoisotopic (exact) mass is 271 g/mol. The number of carboxylic acids is 1. The average Bonchev–Trinajstić information content (AvgIpc) is 2.66. The summed E-state index contributed by atoms with van der Waals surface area (Å²) in [5, 5.41) is 13.4. The minimum absolute atomic E-state index is 0.542. The van der Waals surface area contributed by atoms with Crippen LogP contribution in [0.4, 0.5) is 4.79 Å². The molecule has 100 valence electrons. The van der Waals surface area contributed by atoms with Crippen molar-refractivity contribution in [2.45, 2.75) is 38.8 Å². The van der Waals surface area contributed by atoms with Crippen LogP contribution in [0.15, 0.2) is 17.5 Å². The SMILES string of the molecule is CC(C)(C)OC(=O)N[C@@](C)(C(=O)O)c1cccs1. The van der Waals surface area contributed by atoms with E-state index in [-0.39, 0.29) is 0 Å². The summed E-state index contributed by atoms with van der Waals surface area (Å²) in [6.45, 7) is 6.59. The van der Waals surface area contributed by atoms with E-state index in [1.165, 1.54) is 18.3 Å². The first kappa shape index (κ1) is 14.5. The first-order valence-corrected chi connectivity index (χ1v) is 6.31. The van der Waals surface area contributed by atoms with Crippen LogP contribution in [-0.4, -0.2) is 22.8 Å². The number of alkyl carbamates (subject to hydrolysis) is 1. The average molecular weight is 271 g/mol. The molecule has 0 aliphatic rings. The standard InChI is InChI=1S/C12H17NO4S/c1-11(2,3)17-10(16)13-12(4,9(14)15)8-6-5-7-18-8/h5-7H,1-4H3,(H,13,16)(H,14,15)/t12-/m1/s1. The number of thiophene rings is 1. The second kappa shape index (κ2) is 4.97. The van der Waals surface area contributed by atoms with Crippen molar-refractivity contribution < 1.29 is 19.4 Å². The molecule has 1 atom stereocenters. The molecule has 0 aliphatic heterocycles. The number of nitrogens with one attached hydrogen (secondary N) is 1. The predicted molar refractivity (Wildman–Crippen MR) is 68.7 cm³/mol. The van der Waals surface area contributed by atoms with Gasteiger partial charge in [0.15, 0.2) is 5.54 Å². The van der Waals surface area contributed by atoms with E-state index < -0.39 is 23.2 Å². The first-order chi connectivity index (χ1) is 8.15. The van der Waals surface area contributed by atoms with Crippen LogP contribution >= 0.6 is 11.3 Å². The van der Waals surface area contributed by atoms with E-state index in [4.69, 9.17) is 4.74 Å². The van der Waals surface area contributed by atoms with Crippen molar-refractivity contribution in [2.75, 3.05) is 0 Å². The Kier molecular flexibility index (Phi) is 4.01. The van der Waals surface area contributed by atoms with Gasteiger partial charge in [-0.25, -0.2) is 9.59 Å². The number of rotatable bonds is 3. The third-order valence-electron chi connectivity index (χ3n) is 2.19. The first-order valence-electron chi connectivity index (χ1n) is 5.44. The Balaban J connectivity index is 2.89. The molecule has 2 N–H and O–H groups in total. The number of carboxylic acid groups (broad SMARTS) is 1. The summed E-state index contributed by atoms with van der Waals surface area (Å²) in [7, 11) is 0. The molecular weight excluding hydrogens is 254 g/mol. The van der Waals surface area contributed by atoms with Gasteiger partial charge in [0.05, 0.1) is 0 Å². The molecule has 1 aromatic rings. The normalized spacial score (nSPS) is 14.7. The number of hydrogen-bond donors (Lipinski definition) is 2. The van der Waals surface area contributed by atoms with E-state index in [0.717, 1.165) is 0 Å². The van der Waals surface area contributed by atoms with Gasteiger partial charge in [-0.15, -0.1) is 11.3 Å². The maximum Gasteiger partial charge on any atom is 0.408 e. The second-order valence-electron chi connectivity index (χ2n) is 5.03. The maximum absolute atomic E-state index is 11.7. The van der Waals surface area contributed by atoms with Crippen LogP contribution in [0.3, 0.4) is 0 Å². The third-order valence-corrected chi connectivity index (χ3v) is 3.28. The Hall–Kier alpha value is -1.56. The van der Waals surface area contributed by atoms with E-state index in [2.05, 4.69) is 5.32 Å². The Morgan fingerprint density at radius 2 is 1.94 bits per heavy atom. The fourth-order valence-corrected chi connectivity index (χ4v) is 2.13. The number of ether oxygens (including phenoxy) is 1. The number of carbonyl (C=O) groups excluding carboxylic acids is 1. The van der Waals surface area contributed by atoms with Crippen molar-refractivity contribution in [2.24, 2.45) is 0 Å². The Labute approximate surface area is 110 Å². The van der Waals surface area contributed by atoms with Gasteiger partial charge >= 0.3 is 12.1 Å². The summed E-state index contributed by atoms with van der Waals surface area (Å²) < 4.78 is 5.07. The molecule has 0 radical (unpaired) electrons. The number of aliphatic carboxylic acids is 1. The summed E-state index contributed by atoms with van der Waals surface area (Å²) in [5.41, 5.74) is -2.14. The highest BCUT2D eigenvalue weighted by atomic mass is 32.1. The van der Waals surface area contributed by atoms with Gasteiger partial charge in [0, 0.05) is 4.88 Å². The van der Waals surface area contributed by atoms with Crippen molar-refractivity contribution in [3.63, 3.8) is 0 Å². The van der Waals surface area contributed by atoms with Crippen LogP contribution in [0.25, 0.3) is 0 Å². The van der Waals surface area contributed by atoms with Gasteiger partial charge in [0.1, 0.15) is 5.60 Å². The van der Waals surface area contributed by atoms with Gasteiger partial charge in [-0.2, -0.15) is 0 Å². The topological polar surface area (TPSA) is 75.6 Å². The smallest absolute Gasteiger partial charge is 0.408 e. The highest BCUT2D eigenvalue weighted by Crippen LogP contribution is 2.26. The molecule has 6 heteroatoms. The van der Waals surface area contributed by atoms with Crippen molar-refractivity contribution in [3.8, 4) is 0 Å². The molecule has 1 rings (SSSR count). The van der Waals surface area contributed by atoms with Gasteiger partial charge in [-0.3, -0.25) is 0 Å². The highest BCUT2D eigenvalue weighted by Gasteiger charge is 2.39. The van der Waals surface area contributed by atoms with Crippen molar-refractivity contribution in [1.82, 2.24) is 5.32 Å². The van der Waals surface area contributed by atoms with E-state index in [1.54, 1.807) is 38.3 Å². The summed E-state index contributed by atoms with van der Waals surface area (Å²) in [6.07, 6.45) is -0.749. The number of hydrogen-bond acceptors (Lipinski definition) is 4. The maximum atomic E-state index is 11.7. The van der Waals surface area contributed by atoms with Crippen LogP contribution in [0.5, 0.6) is 0 Å². The molecule has 0 saturated heterocycles. The van der Waals surface area contributed by atoms with Crippen LogP contribution in [-0.2, 0) is 15.1 Å². The lowest BCUT2D eigenvalue weighted by Crippen LogP contribution is -2.50. The summed E-state index contributed by atoms with van der Waals surface area (Å²) in [6, 6.07) is 3.40. The largest absolute Gasteiger partial charge is 0.479 e. The molecule has 18 heavy (non-hydrogen) atoms. The molecule has 0 unspecified atom stereocenters.